The van der Waals surface area contributed by atoms with Crippen molar-refractivity contribution in [1.29, 1.82) is 0 Å². The summed E-state index contributed by atoms with van der Waals surface area (Å²) in [6.45, 7) is 3.05. The molecule has 0 aliphatic heterocycles. The van der Waals surface area contributed by atoms with Gasteiger partial charge in [0.25, 0.3) is 0 Å². The molecular weight excluding hydrogens is 262 g/mol. The van der Waals surface area contributed by atoms with Gasteiger partial charge in [-0.1, -0.05) is 17.7 Å². The van der Waals surface area contributed by atoms with Gasteiger partial charge in [-0.2, -0.15) is 0 Å². The summed E-state index contributed by atoms with van der Waals surface area (Å²) in [5.41, 5.74) is 7.34. The molecule has 3 N–H and O–H groups in total. The number of phenolic OH excluding ortho intramolecular Hbond substituents is 1. The van der Waals surface area contributed by atoms with Gasteiger partial charge in [0.2, 0.25) is 0 Å². The monoisotopic (exact) mass is 277 g/mol. The van der Waals surface area contributed by atoms with Crippen molar-refractivity contribution < 1.29 is 5.11 Å². The first-order valence-electron chi connectivity index (χ1n) is 6.07. The van der Waals surface area contributed by atoms with E-state index in [9.17, 15) is 5.11 Å². The lowest BCUT2D eigenvalue weighted by Gasteiger charge is -2.24. The normalized spacial score (nSPS) is 10.5. The fourth-order valence-corrected chi connectivity index (χ4v) is 2.22. The Morgan fingerprint density at radius 2 is 2.16 bits per heavy atom. The van der Waals surface area contributed by atoms with Crippen LogP contribution >= 0.6 is 11.6 Å². The lowest BCUT2D eigenvalue weighted by Crippen LogP contribution is -2.18. The minimum absolute atomic E-state index is 0.210. The van der Waals surface area contributed by atoms with Crippen LogP contribution in [0.15, 0.2) is 36.5 Å². The van der Waals surface area contributed by atoms with Crippen molar-refractivity contribution in [3.63, 3.8) is 0 Å². The van der Waals surface area contributed by atoms with E-state index in [0.29, 0.717) is 23.9 Å². The van der Waals surface area contributed by atoms with E-state index in [2.05, 4.69) is 4.98 Å². The Balaban J connectivity index is 2.48. The largest absolute Gasteiger partial charge is 0.508 e. The highest BCUT2D eigenvalue weighted by Crippen LogP contribution is 2.32. The third kappa shape index (κ3) is 2.80. The molecule has 0 atom stereocenters. The fourth-order valence-electron chi connectivity index (χ4n) is 1.93. The summed E-state index contributed by atoms with van der Waals surface area (Å²) in [4.78, 5) is 6.25. The Morgan fingerprint density at radius 3 is 2.79 bits per heavy atom. The van der Waals surface area contributed by atoms with Gasteiger partial charge in [0.1, 0.15) is 5.75 Å². The van der Waals surface area contributed by atoms with Gasteiger partial charge in [-0.25, -0.2) is 4.98 Å². The highest BCUT2D eigenvalue weighted by atomic mass is 35.5. The number of hydrogen-bond acceptors (Lipinski definition) is 4. The molecule has 0 radical (unpaired) electrons. The summed E-state index contributed by atoms with van der Waals surface area (Å²) in [6, 6.07) is 8.80. The number of benzene rings is 1. The van der Waals surface area contributed by atoms with E-state index >= 15 is 0 Å². The molecule has 19 heavy (non-hydrogen) atoms. The molecule has 1 heterocycles. The molecule has 1 aromatic heterocycles. The van der Waals surface area contributed by atoms with Gasteiger partial charge in [0, 0.05) is 31.0 Å². The Bertz CT molecular complexity index is 574. The smallest absolute Gasteiger partial charge is 0.152 e. The molecule has 5 heteroatoms. The maximum absolute atomic E-state index is 9.57. The zero-order valence-electron chi connectivity index (χ0n) is 10.7. The Kier molecular flexibility index (Phi) is 4.24. The molecule has 0 aliphatic rings. The van der Waals surface area contributed by atoms with Crippen LogP contribution in [0.2, 0.25) is 5.02 Å². The summed E-state index contributed by atoms with van der Waals surface area (Å²) >= 11 is 6.33. The van der Waals surface area contributed by atoms with E-state index in [0.717, 1.165) is 11.3 Å². The highest BCUT2D eigenvalue weighted by molar-refractivity contribution is 6.33. The molecule has 0 fully saturated rings. The van der Waals surface area contributed by atoms with Gasteiger partial charge in [0.15, 0.2) is 5.82 Å². The number of halogens is 1. The average molecular weight is 278 g/mol. The van der Waals surface area contributed by atoms with Crippen LogP contribution in [0.25, 0.3) is 0 Å². The number of hydrogen-bond donors (Lipinski definition) is 2. The Morgan fingerprint density at radius 1 is 1.37 bits per heavy atom. The highest BCUT2D eigenvalue weighted by Gasteiger charge is 2.15. The van der Waals surface area contributed by atoms with E-state index in [1.54, 1.807) is 24.4 Å². The van der Waals surface area contributed by atoms with Gasteiger partial charge in [-0.15, -0.1) is 0 Å². The summed E-state index contributed by atoms with van der Waals surface area (Å²) in [6.07, 6.45) is 1.69. The topological polar surface area (TPSA) is 62.4 Å². The van der Waals surface area contributed by atoms with Gasteiger partial charge >= 0.3 is 0 Å². The first kappa shape index (κ1) is 13.6. The fraction of sp³-hybridized carbons (Fsp3) is 0.214. The van der Waals surface area contributed by atoms with Gasteiger partial charge < -0.3 is 15.7 Å². The SMILES string of the molecule is CCN(c1cccc(O)c1)c1nccc(CN)c1Cl. The third-order valence-corrected chi connectivity index (χ3v) is 3.30. The van der Waals surface area contributed by atoms with Crippen LogP contribution in [0, 0.1) is 0 Å². The number of nitrogens with two attached hydrogens (primary N) is 1. The van der Waals surface area contributed by atoms with Crippen molar-refractivity contribution in [2.24, 2.45) is 5.73 Å². The van der Waals surface area contributed by atoms with Crippen LogP contribution in [0.3, 0.4) is 0 Å². The van der Waals surface area contributed by atoms with Crippen LogP contribution in [0.5, 0.6) is 5.75 Å². The van der Waals surface area contributed by atoms with Crippen molar-refractivity contribution in [3.8, 4) is 5.75 Å². The van der Waals surface area contributed by atoms with Crippen molar-refractivity contribution >= 4 is 23.1 Å². The second kappa shape index (κ2) is 5.91. The van der Waals surface area contributed by atoms with Crippen molar-refractivity contribution in [1.82, 2.24) is 4.98 Å². The molecule has 0 bridgehead atoms. The van der Waals surface area contributed by atoms with E-state index in [1.807, 2.05) is 24.0 Å². The first-order chi connectivity index (χ1) is 9.17. The summed E-state index contributed by atoms with van der Waals surface area (Å²) in [5.74, 6) is 0.861. The van der Waals surface area contributed by atoms with Crippen LogP contribution in [0.1, 0.15) is 12.5 Å². The van der Waals surface area contributed by atoms with Crippen LogP contribution in [0.4, 0.5) is 11.5 Å². The second-order valence-corrected chi connectivity index (χ2v) is 4.45. The van der Waals surface area contributed by atoms with Crippen LogP contribution < -0.4 is 10.6 Å². The molecule has 0 unspecified atom stereocenters. The molecule has 0 aliphatic carbocycles. The second-order valence-electron chi connectivity index (χ2n) is 4.08. The summed E-state index contributed by atoms with van der Waals surface area (Å²) in [5, 5.41) is 10.1. The molecule has 1 aromatic carbocycles. The van der Waals surface area contributed by atoms with Crippen LogP contribution in [-0.4, -0.2) is 16.6 Å². The molecule has 2 rings (SSSR count). The lowest BCUT2D eigenvalue weighted by atomic mass is 10.2. The van der Waals surface area contributed by atoms with Crippen molar-refractivity contribution in [2.75, 3.05) is 11.4 Å². The number of nitrogens with zero attached hydrogens (tertiary/aromatic N) is 2. The molecule has 4 nitrogen and oxygen atoms in total. The molecule has 0 spiro atoms. The van der Waals surface area contributed by atoms with Crippen LogP contribution in [-0.2, 0) is 6.54 Å². The quantitative estimate of drug-likeness (QED) is 0.902. The minimum Gasteiger partial charge on any atom is -0.508 e. The number of rotatable bonds is 4. The number of pyridine rings is 1. The Labute approximate surface area is 117 Å². The van der Waals surface area contributed by atoms with Gasteiger partial charge in [-0.3, -0.25) is 0 Å². The zero-order valence-corrected chi connectivity index (χ0v) is 11.4. The number of aromatic hydroxyl groups is 1. The molecule has 0 saturated heterocycles. The molecule has 0 amide bonds. The molecule has 2 aromatic rings. The minimum atomic E-state index is 0.210. The van der Waals surface area contributed by atoms with E-state index in [-0.39, 0.29) is 5.75 Å². The molecule has 0 saturated carbocycles. The van der Waals surface area contributed by atoms with Crippen molar-refractivity contribution in [2.45, 2.75) is 13.5 Å². The standard InChI is InChI=1S/C14H16ClN3O/c1-2-18(11-4-3-5-12(19)8-11)14-13(15)10(9-16)6-7-17-14/h3-8,19H,2,9,16H2,1H3. The lowest BCUT2D eigenvalue weighted by molar-refractivity contribution is 0.475. The predicted molar refractivity (Wildman–Crippen MR) is 77.9 cm³/mol. The van der Waals surface area contributed by atoms with Gasteiger partial charge in [-0.05, 0) is 30.7 Å². The van der Waals surface area contributed by atoms with E-state index in [4.69, 9.17) is 17.3 Å². The maximum atomic E-state index is 9.57. The van der Waals surface area contributed by atoms with Gasteiger partial charge in [0.05, 0.1) is 5.02 Å². The maximum Gasteiger partial charge on any atom is 0.152 e. The van der Waals surface area contributed by atoms with E-state index < -0.39 is 0 Å². The number of aromatic nitrogens is 1. The number of phenols is 1. The zero-order chi connectivity index (χ0) is 13.8. The molecule has 100 valence electrons. The Hall–Kier alpha value is -1.78. The first-order valence-corrected chi connectivity index (χ1v) is 6.45. The summed E-state index contributed by atoms with van der Waals surface area (Å²) < 4.78 is 0. The molecular formula is C14H16ClN3O. The average Bonchev–Trinajstić information content (AvgIpc) is 2.41. The predicted octanol–water partition coefficient (Wildman–Crippen LogP) is 3.06. The van der Waals surface area contributed by atoms with Crippen molar-refractivity contribution in [3.05, 3.63) is 47.1 Å². The van der Waals surface area contributed by atoms with E-state index in [1.165, 1.54) is 0 Å². The third-order valence-electron chi connectivity index (χ3n) is 2.88. The summed E-state index contributed by atoms with van der Waals surface area (Å²) in [7, 11) is 0. The number of anilines is 2.